The van der Waals surface area contributed by atoms with Gasteiger partial charge in [-0.1, -0.05) is 49.8 Å². The van der Waals surface area contributed by atoms with Gasteiger partial charge in [0, 0.05) is 12.7 Å². The number of amides is 1. The van der Waals surface area contributed by atoms with E-state index < -0.39 is 0 Å². The molecule has 1 fully saturated rings. The molecule has 0 aliphatic carbocycles. The minimum absolute atomic E-state index is 0.229. The number of hydrogen-bond donors (Lipinski definition) is 1. The molecule has 1 amide bonds. The van der Waals surface area contributed by atoms with Gasteiger partial charge >= 0.3 is 0 Å². The Kier molecular flexibility index (Phi) is 6.76. The summed E-state index contributed by atoms with van der Waals surface area (Å²) in [7, 11) is 0. The Morgan fingerprint density at radius 3 is 2.84 bits per heavy atom. The highest BCUT2D eigenvalue weighted by atomic mass is 32.2. The van der Waals surface area contributed by atoms with Crippen molar-refractivity contribution in [3.05, 3.63) is 68.9 Å². The smallest absolute Gasteiger partial charge is 0.267 e. The Balaban J connectivity index is 1.72. The van der Waals surface area contributed by atoms with Gasteiger partial charge in [0.15, 0.2) is 0 Å². The Hall–Kier alpha value is -2.91. The van der Waals surface area contributed by atoms with Crippen molar-refractivity contribution in [3.8, 4) is 0 Å². The van der Waals surface area contributed by atoms with E-state index in [4.69, 9.17) is 16.6 Å². The summed E-state index contributed by atoms with van der Waals surface area (Å²) in [5.41, 5.74) is 1.62. The summed E-state index contributed by atoms with van der Waals surface area (Å²) in [6, 6.07) is 7.30. The first-order valence-electron chi connectivity index (χ1n) is 10.5. The van der Waals surface area contributed by atoms with Crippen molar-refractivity contribution in [1.82, 2.24) is 14.3 Å². The monoisotopic (exact) mass is 468 g/mol. The Bertz CT molecular complexity index is 1250. The third-order valence-electron chi connectivity index (χ3n) is 5.12. The number of rotatable bonds is 8. The van der Waals surface area contributed by atoms with Crippen molar-refractivity contribution < 1.29 is 9.21 Å². The fourth-order valence-electron chi connectivity index (χ4n) is 3.43. The molecule has 32 heavy (non-hydrogen) atoms. The van der Waals surface area contributed by atoms with Crippen molar-refractivity contribution in [2.45, 2.75) is 39.7 Å². The molecule has 1 aliphatic heterocycles. The summed E-state index contributed by atoms with van der Waals surface area (Å²) in [5, 5.41) is 3.29. The molecule has 0 atom stereocenters. The van der Waals surface area contributed by atoms with Gasteiger partial charge < -0.3 is 9.73 Å². The van der Waals surface area contributed by atoms with Crippen LogP contribution in [0.3, 0.4) is 0 Å². The molecular weight excluding hydrogens is 444 g/mol. The van der Waals surface area contributed by atoms with Crippen LogP contribution < -0.4 is 10.9 Å². The van der Waals surface area contributed by atoms with Gasteiger partial charge in [0.1, 0.15) is 21.5 Å². The number of pyridine rings is 1. The van der Waals surface area contributed by atoms with Crippen LogP contribution in [0.15, 0.2) is 50.8 Å². The SMILES string of the molecule is CCCCCNc1nc2ccc(C)cn2c(=O)c1/C=C1/SC(=S)N(Cc2ccco2)C1=O. The van der Waals surface area contributed by atoms with E-state index in [1.165, 1.54) is 21.1 Å². The zero-order valence-electron chi connectivity index (χ0n) is 18.0. The van der Waals surface area contributed by atoms with Crippen molar-refractivity contribution in [1.29, 1.82) is 0 Å². The number of thiocarbonyl (C=S) groups is 1. The molecule has 0 radical (unpaired) electrons. The average molecular weight is 469 g/mol. The topological polar surface area (TPSA) is 79.9 Å². The molecular formula is C23H24N4O3S2. The molecule has 0 aromatic carbocycles. The average Bonchev–Trinajstić information content (AvgIpc) is 3.38. The maximum Gasteiger partial charge on any atom is 0.267 e. The van der Waals surface area contributed by atoms with Gasteiger partial charge in [-0.2, -0.15) is 0 Å². The first-order valence-corrected chi connectivity index (χ1v) is 11.7. The van der Waals surface area contributed by atoms with Crippen LogP contribution in [0.1, 0.15) is 43.1 Å². The number of hydrogen-bond acceptors (Lipinski definition) is 7. The lowest BCUT2D eigenvalue weighted by Gasteiger charge is -2.12. The van der Waals surface area contributed by atoms with Crippen molar-refractivity contribution in [3.63, 3.8) is 0 Å². The second-order valence-corrected chi connectivity index (χ2v) is 9.27. The van der Waals surface area contributed by atoms with E-state index >= 15 is 0 Å². The number of aromatic nitrogens is 2. The van der Waals surface area contributed by atoms with E-state index in [9.17, 15) is 9.59 Å². The van der Waals surface area contributed by atoms with Crippen LogP contribution in [0.4, 0.5) is 5.82 Å². The lowest BCUT2D eigenvalue weighted by molar-refractivity contribution is -0.122. The fourth-order valence-corrected chi connectivity index (χ4v) is 4.67. The van der Waals surface area contributed by atoms with E-state index in [1.807, 2.05) is 19.1 Å². The third kappa shape index (κ3) is 4.63. The lowest BCUT2D eigenvalue weighted by atomic mass is 10.2. The number of anilines is 1. The van der Waals surface area contributed by atoms with E-state index in [1.54, 1.807) is 30.7 Å². The number of unbranched alkanes of at least 4 members (excludes halogenated alkanes) is 2. The first-order chi connectivity index (χ1) is 15.5. The van der Waals surface area contributed by atoms with Crippen LogP contribution in [0.25, 0.3) is 11.7 Å². The molecule has 4 heterocycles. The van der Waals surface area contributed by atoms with Gasteiger partial charge in [-0.25, -0.2) is 4.98 Å². The number of aryl methyl sites for hydroxylation is 1. The summed E-state index contributed by atoms with van der Waals surface area (Å²) in [6.07, 6.45) is 8.07. The Morgan fingerprint density at radius 2 is 2.09 bits per heavy atom. The van der Waals surface area contributed by atoms with Gasteiger partial charge in [-0.3, -0.25) is 18.9 Å². The molecule has 0 saturated carbocycles. The maximum absolute atomic E-state index is 13.4. The molecule has 0 unspecified atom stereocenters. The first kappa shape index (κ1) is 22.3. The highest BCUT2D eigenvalue weighted by Crippen LogP contribution is 2.34. The maximum atomic E-state index is 13.4. The number of thioether (sulfide) groups is 1. The number of fused-ring (bicyclic) bond motifs is 1. The largest absolute Gasteiger partial charge is 0.467 e. The molecule has 0 spiro atoms. The predicted octanol–water partition coefficient (Wildman–Crippen LogP) is 4.60. The number of carbonyl (C=O) groups is 1. The second kappa shape index (κ2) is 9.70. The van der Waals surface area contributed by atoms with Crippen LogP contribution in [-0.4, -0.2) is 31.1 Å². The Labute approximate surface area is 195 Å². The van der Waals surface area contributed by atoms with E-state index in [2.05, 4.69) is 17.2 Å². The zero-order valence-corrected chi connectivity index (χ0v) is 19.6. The lowest BCUT2D eigenvalue weighted by Crippen LogP contribution is -2.27. The molecule has 3 aromatic heterocycles. The summed E-state index contributed by atoms with van der Waals surface area (Å²) >= 11 is 6.59. The molecule has 3 aromatic rings. The van der Waals surface area contributed by atoms with E-state index in [-0.39, 0.29) is 18.0 Å². The van der Waals surface area contributed by atoms with Gasteiger partial charge in [0.05, 0.1) is 23.3 Å². The number of nitrogens with one attached hydrogen (secondary N) is 1. The highest BCUT2D eigenvalue weighted by molar-refractivity contribution is 8.26. The number of nitrogens with zero attached hydrogens (tertiary/aromatic N) is 3. The fraction of sp³-hybridized carbons (Fsp3) is 0.304. The van der Waals surface area contributed by atoms with Gasteiger partial charge in [-0.05, 0) is 43.2 Å². The van der Waals surface area contributed by atoms with Crippen LogP contribution in [-0.2, 0) is 11.3 Å². The van der Waals surface area contributed by atoms with Crippen LogP contribution >= 0.6 is 24.0 Å². The Morgan fingerprint density at radius 1 is 1.25 bits per heavy atom. The standard InChI is InChI=1S/C23H24N4O3S2/c1-3-4-5-10-24-20-17(21(28)26-13-15(2)8-9-19(26)25-20)12-18-22(29)27(23(31)32-18)14-16-7-6-11-30-16/h6-9,11-13,24H,3-5,10,14H2,1-2H3/b18-12+. The second-order valence-electron chi connectivity index (χ2n) is 7.59. The molecule has 166 valence electrons. The molecule has 0 bridgehead atoms. The summed E-state index contributed by atoms with van der Waals surface area (Å²) in [6.45, 7) is 5.01. The van der Waals surface area contributed by atoms with Crippen molar-refractivity contribution in [2.75, 3.05) is 11.9 Å². The van der Waals surface area contributed by atoms with Crippen molar-refractivity contribution >= 4 is 51.7 Å². The predicted molar refractivity (Wildman–Crippen MR) is 132 cm³/mol. The molecule has 1 aliphatic rings. The van der Waals surface area contributed by atoms with E-state index in [0.29, 0.717) is 38.6 Å². The van der Waals surface area contributed by atoms with E-state index in [0.717, 1.165) is 24.8 Å². The molecule has 7 nitrogen and oxygen atoms in total. The third-order valence-corrected chi connectivity index (χ3v) is 6.50. The molecule has 4 rings (SSSR count). The van der Waals surface area contributed by atoms with Gasteiger partial charge in [0.25, 0.3) is 11.5 Å². The minimum atomic E-state index is -0.248. The molecule has 1 N–H and O–H groups in total. The van der Waals surface area contributed by atoms with Crippen LogP contribution in [0, 0.1) is 6.92 Å². The number of carbonyl (C=O) groups excluding carboxylic acids is 1. The zero-order chi connectivity index (χ0) is 22.7. The number of furan rings is 1. The summed E-state index contributed by atoms with van der Waals surface area (Å²) in [5.74, 6) is 0.872. The normalized spacial score (nSPS) is 15.3. The molecule has 9 heteroatoms. The van der Waals surface area contributed by atoms with Crippen LogP contribution in [0.5, 0.6) is 0 Å². The minimum Gasteiger partial charge on any atom is -0.467 e. The van der Waals surface area contributed by atoms with Gasteiger partial charge in [0.2, 0.25) is 0 Å². The summed E-state index contributed by atoms with van der Waals surface area (Å²) < 4.78 is 7.30. The molecule has 1 saturated heterocycles. The highest BCUT2D eigenvalue weighted by Gasteiger charge is 2.33. The van der Waals surface area contributed by atoms with Crippen LogP contribution in [0.2, 0.25) is 0 Å². The quantitative estimate of drug-likeness (QED) is 0.294. The van der Waals surface area contributed by atoms with Gasteiger partial charge in [-0.15, -0.1) is 0 Å². The van der Waals surface area contributed by atoms with Crippen molar-refractivity contribution in [2.24, 2.45) is 0 Å². The summed E-state index contributed by atoms with van der Waals surface area (Å²) in [4.78, 5) is 32.9.